The molecule has 0 saturated carbocycles. The molecule has 0 fully saturated rings. The molecule has 146 valence electrons. The molecule has 0 radical (unpaired) electrons. The molecule has 2 rings (SSSR count). The maximum atomic E-state index is 4.50. The van der Waals surface area contributed by atoms with Crippen LogP contribution in [-0.2, 0) is 5.41 Å². The van der Waals surface area contributed by atoms with Crippen molar-refractivity contribution in [1.82, 2.24) is 0 Å². The van der Waals surface area contributed by atoms with Gasteiger partial charge >= 0.3 is 0 Å². The molecule has 0 aliphatic carbocycles. The van der Waals surface area contributed by atoms with E-state index in [4.69, 9.17) is 0 Å². The summed E-state index contributed by atoms with van der Waals surface area (Å²) >= 11 is 0. The van der Waals surface area contributed by atoms with Gasteiger partial charge in [0.25, 0.3) is 0 Å². The first kappa shape index (κ1) is 21.5. The summed E-state index contributed by atoms with van der Waals surface area (Å²) in [5.41, 5.74) is 4.30. The van der Waals surface area contributed by atoms with Gasteiger partial charge in [-0.1, -0.05) is 126 Å². The fraction of sp³-hybridized carbons (Fsp3) is 0.481. The first-order valence-corrected chi connectivity index (χ1v) is 11.0. The average molecular weight is 363 g/mol. The van der Waals surface area contributed by atoms with Gasteiger partial charge in [-0.25, -0.2) is 0 Å². The molecular weight excluding hydrogens is 324 g/mol. The minimum absolute atomic E-state index is 0.219. The molecule has 0 aliphatic heterocycles. The van der Waals surface area contributed by atoms with Gasteiger partial charge in [0.1, 0.15) is 0 Å². The third-order valence-electron chi connectivity index (χ3n) is 5.89. The fourth-order valence-electron chi connectivity index (χ4n) is 4.25. The van der Waals surface area contributed by atoms with Gasteiger partial charge in [-0.15, -0.1) is 0 Å². The summed E-state index contributed by atoms with van der Waals surface area (Å²) in [6, 6.07) is 22.0. The highest BCUT2D eigenvalue weighted by atomic mass is 14.4. The molecule has 0 aliphatic rings. The summed E-state index contributed by atoms with van der Waals surface area (Å²) in [5, 5.41) is 0. The van der Waals surface area contributed by atoms with Gasteiger partial charge in [-0.2, -0.15) is 0 Å². The van der Waals surface area contributed by atoms with E-state index in [2.05, 4.69) is 81.1 Å². The zero-order valence-electron chi connectivity index (χ0n) is 17.6. The molecule has 0 nitrogen and oxygen atoms in total. The summed E-state index contributed by atoms with van der Waals surface area (Å²) in [5.74, 6) is 0. The topological polar surface area (TPSA) is 0 Å². The maximum absolute atomic E-state index is 4.50. The molecular formula is C27H38. The van der Waals surface area contributed by atoms with Crippen molar-refractivity contribution in [2.45, 2.75) is 83.5 Å². The molecule has 2 aromatic rings. The standard InChI is InChI=1S/C27H38/c1-4-6-8-9-16-22-27(21-7-5-2,26-19-14-11-15-20-26)23-24(3)25-17-12-10-13-18-25/h10-15,17-20H,3-9,16,21-23H2,1-2H3. The van der Waals surface area contributed by atoms with E-state index in [1.165, 1.54) is 74.5 Å². The van der Waals surface area contributed by atoms with E-state index in [-0.39, 0.29) is 5.41 Å². The summed E-state index contributed by atoms with van der Waals surface area (Å²) < 4.78 is 0. The van der Waals surface area contributed by atoms with Crippen LogP contribution in [0.15, 0.2) is 67.2 Å². The van der Waals surface area contributed by atoms with Gasteiger partial charge in [-0.3, -0.25) is 0 Å². The molecule has 1 unspecified atom stereocenters. The molecule has 0 N–H and O–H groups in total. The highest BCUT2D eigenvalue weighted by molar-refractivity contribution is 5.64. The molecule has 0 saturated heterocycles. The molecule has 27 heavy (non-hydrogen) atoms. The van der Waals surface area contributed by atoms with E-state index in [0.717, 1.165) is 6.42 Å². The van der Waals surface area contributed by atoms with Gasteiger partial charge in [0.15, 0.2) is 0 Å². The Kier molecular flexibility index (Phi) is 9.39. The number of rotatable bonds is 13. The van der Waals surface area contributed by atoms with Crippen LogP contribution in [0.5, 0.6) is 0 Å². The monoisotopic (exact) mass is 362 g/mol. The van der Waals surface area contributed by atoms with E-state index in [1.807, 2.05) is 0 Å². The van der Waals surface area contributed by atoms with Crippen molar-refractivity contribution in [3.63, 3.8) is 0 Å². The number of hydrogen-bond donors (Lipinski definition) is 0. The van der Waals surface area contributed by atoms with Crippen molar-refractivity contribution >= 4 is 5.57 Å². The Morgan fingerprint density at radius 3 is 1.89 bits per heavy atom. The van der Waals surface area contributed by atoms with Gasteiger partial charge in [-0.05, 0) is 41.4 Å². The first-order chi connectivity index (χ1) is 13.2. The van der Waals surface area contributed by atoms with Gasteiger partial charge in [0, 0.05) is 0 Å². The second-order valence-corrected chi connectivity index (χ2v) is 8.06. The van der Waals surface area contributed by atoms with Crippen LogP contribution in [0.25, 0.3) is 5.57 Å². The minimum Gasteiger partial charge on any atom is -0.0952 e. The molecule has 0 heterocycles. The molecule has 0 bridgehead atoms. The minimum atomic E-state index is 0.219. The number of benzene rings is 2. The number of hydrogen-bond acceptors (Lipinski definition) is 0. The third kappa shape index (κ3) is 6.69. The third-order valence-corrected chi connectivity index (χ3v) is 5.89. The zero-order valence-corrected chi connectivity index (χ0v) is 17.6. The lowest BCUT2D eigenvalue weighted by Gasteiger charge is -2.36. The number of allylic oxidation sites excluding steroid dienone is 1. The lowest BCUT2D eigenvalue weighted by atomic mass is 9.68. The summed E-state index contributed by atoms with van der Waals surface area (Å²) in [6.45, 7) is 9.10. The highest BCUT2D eigenvalue weighted by Gasteiger charge is 2.31. The predicted molar refractivity (Wildman–Crippen MR) is 121 cm³/mol. The average Bonchev–Trinajstić information content (AvgIpc) is 2.73. The van der Waals surface area contributed by atoms with Crippen molar-refractivity contribution in [2.24, 2.45) is 0 Å². The van der Waals surface area contributed by atoms with Crippen molar-refractivity contribution in [2.75, 3.05) is 0 Å². The van der Waals surface area contributed by atoms with Crippen molar-refractivity contribution < 1.29 is 0 Å². The quantitative estimate of drug-likeness (QED) is 0.313. The lowest BCUT2D eigenvalue weighted by molar-refractivity contribution is 0.344. The molecule has 0 amide bonds. The van der Waals surface area contributed by atoms with E-state index in [1.54, 1.807) is 0 Å². The SMILES string of the molecule is C=C(CC(CCCC)(CCCCCCC)c1ccccc1)c1ccccc1. The Morgan fingerprint density at radius 1 is 0.704 bits per heavy atom. The van der Waals surface area contributed by atoms with Gasteiger partial charge in [0.05, 0.1) is 0 Å². The van der Waals surface area contributed by atoms with E-state index in [0.29, 0.717) is 0 Å². The Labute approximate surface area is 167 Å². The Balaban J connectivity index is 2.24. The second-order valence-electron chi connectivity index (χ2n) is 8.06. The summed E-state index contributed by atoms with van der Waals surface area (Å²) in [4.78, 5) is 0. The van der Waals surface area contributed by atoms with E-state index >= 15 is 0 Å². The number of unbranched alkanes of at least 4 members (excludes halogenated alkanes) is 5. The van der Waals surface area contributed by atoms with Crippen molar-refractivity contribution in [3.05, 3.63) is 78.4 Å². The van der Waals surface area contributed by atoms with Gasteiger partial charge < -0.3 is 0 Å². The largest absolute Gasteiger partial charge is 0.0952 e. The predicted octanol–water partition coefficient (Wildman–Crippen LogP) is 8.58. The second kappa shape index (κ2) is 11.8. The smallest absolute Gasteiger partial charge is 0.000665 e. The van der Waals surface area contributed by atoms with Crippen LogP contribution in [0.1, 0.15) is 89.2 Å². The van der Waals surface area contributed by atoms with Crippen LogP contribution in [0.2, 0.25) is 0 Å². The summed E-state index contributed by atoms with van der Waals surface area (Å²) in [6.07, 6.45) is 12.8. The molecule has 2 aromatic carbocycles. The Hall–Kier alpha value is -1.82. The highest BCUT2D eigenvalue weighted by Crippen LogP contribution is 2.42. The summed E-state index contributed by atoms with van der Waals surface area (Å²) in [7, 11) is 0. The van der Waals surface area contributed by atoms with Crippen molar-refractivity contribution in [1.29, 1.82) is 0 Å². The molecule has 0 aromatic heterocycles. The van der Waals surface area contributed by atoms with Crippen LogP contribution in [0.3, 0.4) is 0 Å². The molecule has 1 atom stereocenters. The van der Waals surface area contributed by atoms with Crippen LogP contribution in [0, 0.1) is 0 Å². The van der Waals surface area contributed by atoms with Crippen LogP contribution < -0.4 is 0 Å². The van der Waals surface area contributed by atoms with Crippen LogP contribution in [0.4, 0.5) is 0 Å². The van der Waals surface area contributed by atoms with E-state index in [9.17, 15) is 0 Å². The fourth-order valence-corrected chi connectivity index (χ4v) is 4.25. The van der Waals surface area contributed by atoms with Crippen molar-refractivity contribution in [3.8, 4) is 0 Å². The van der Waals surface area contributed by atoms with Gasteiger partial charge in [0.2, 0.25) is 0 Å². The molecule has 0 spiro atoms. The lowest BCUT2D eigenvalue weighted by Crippen LogP contribution is -2.27. The maximum Gasteiger partial charge on any atom is -0.000665 e. The first-order valence-electron chi connectivity index (χ1n) is 11.0. The van der Waals surface area contributed by atoms with E-state index < -0.39 is 0 Å². The van der Waals surface area contributed by atoms with Crippen LogP contribution >= 0.6 is 0 Å². The zero-order chi connectivity index (χ0) is 19.4. The Morgan fingerprint density at radius 2 is 1.26 bits per heavy atom. The van der Waals surface area contributed by atoms with Crippen LogP contribution in [-0.4, -0.2) is 0 Å². The molecule has 0 heteroatoms. The Bertz CT molecular complexity index is 640. The normalized spacial score (nSPS) is 13.3.